The summed E-state index contributed by atoms with van der Waals surface area (Å²) >= 11 is 1.82. The first-order chi connectivity index (χ1) is 10.4. The first-order valence-electron chi connectivity index (χ1n) is 7.65. The van der Waals surface area contributed by atoms with Crippen LogP contribution >= 0.6 is 11.8 Å². The second-order valence-corrected chi connectivity index (χ2v) is 8.96. The minimum absolute atomic E-state index is 0.00820. The van der Waals surface area contributed by atoms with Gasteiger partial charge < -0.3 is 22.1 Å². The molecule has 0 aromatic heterocycles. The fourth-order valence-corrected chi connectivity index (χ4v) is 4.27. The molecule has 1 unspecified atom stereocenters. The molecule has 8 heteroatoms. The van der Waals surface area contributed by atoms with Gasteiger partial charge in [0.05, 0.1) is 12.5 Å². The quantitative estimate of drug-likeness (QED) is 0.527. The predicted octanol–water partition coefficient (Wildman–Crippen LogP) is -0.270. The van der Waals surface area contributed by atoms with Gasteiger partial charge in [-0.05, 0) is 26.2 Å². The third kappa shape index (κ3) is 5.10. The molecular formula is C15H28N4O3S. The SMILES string of the molecule is C[C@@H](NC(=O)[C@@H](N)CC(N)=O)C(=O)NC1C(C)(C)CSC1(C)C. The molecule has 1 aliphatic rings. The largest absolute Gasteiger partial charge is 0.370 e. The molecule has 0 bridgehead atoms. The number of carbonyl (C=O) groups excluding carboxylic acids is 3. The molecule has 0 aliphatic carbocycles. The van der Waals surface area contributed by atoms with E-state index in [1.165, 1.54) is 0 Å². The molecule has 0 radical (unpaired) electrons. The zero-order chi connectivity index (χ0) is 18.0. The van der Waals surface area contributed by atoms with Crippen LogP contribution in [0, 0.1) is 5.41 Å². The van der Waals surface area contributed by atoms with Crippen LogP contribution < -0.4 is 22.1 Å². The number of primary amides is 1. The van der Waals surface area contributed by atoms with Gasteiger partial charge in [0.15, 0.2) is 0 Å². The number of hydrogen-bond acceptors (Lipinski definition) is 5. The maximum absolute atomic E-state index is 12.4. The lowest BCUT2D eigenvalue weighted by Gasteiger charge is -2.35. The van der Waals surface area contributed by atoms with Crippen molar-refractivity contribution in [3.63, 3.8) is 0 Å². The van der Waals surface area contributed by atoms with Crippen LogP contribution in [0.1, 0.15) is 41.0 Å². The van der Waals surface area contributed by atoms with Crippen LogP contribution in [0.15, 0.2) is 0 Å². The lowest BCUT2D eigenvalue weighted by Crippen LogP contribution is -2.57. The lowest BCUT2D eigenvalue weighted by atomic mass is 9.80. The van der Waals surface area contributed by atoms with Crippen molar-refractivity contribution < 1.29 is 14.4 Å². The minimum Gasteiger partial charge on any atom is -0.370 e. The van der Waals surface area contributed by atoms with Gasteiger partial charge in [-0.1, -0.05) is 13.8 Å². The van der Waals surface area contributed by atoms with Gasteiger partial charge in [-0.2, -0.15) is 11.8 Å². The normalized spacial score (nSPS) is 24.5. The standard InChI is InChI=1S/C15H28N4O3S/c1-8(18-12(22)9(16)6-10(17)20)11(21)19-13-14(2,3)7-23-15(13,4)5/h8-9,13H,6-7,16H2,1-5H3,(H2,17,20)(H,18,22)(H,19,21)/t8-,9+,13?/m1/s1. The zero-order valence-electron chi connectivity index (χ0n) is 14.4. The van der Waals surface area contributed by atoms with E-state index in [0.29, 0.717) is 0 Å². The van der Waals surface area contributed by atoms with Crippen LogP contribution in [0.4, 0.5) is 0 Å². The Balaban J connectivity index is 2.64. The monoisotopic (exact) mass is 344 g/mol. The molecule has 6 N–H and O–H groups in total. The summed E-state index contributed by atoms with van der Waals surface area (Å²) in [5, 5.41) is 5.56. The van der Waals surface area contributed by atoms with Gasteiger partial charge in [0.2, 0.25) is 17.7 Å². The van der Waals surface area contributed by atoms with Crippen LogP contribution in [0.25, 0.3) is 0 Å². The Morgan fingerprint density at radius 1 is 1.22 bits per heavy atom. The average Bonchev–Trinajstić information content (AvgIpc) is 2.60. The Kier molecular flexibility index (Phi) is 6.09. The molecule has 1 saturated heterocycles. The summed E-state index contributed by atoms with van der Waals surface area (Å²) < 4.78 is -0.0781. The Labute approximate surface area is 141 Å². The third-order valence-electron chi connectivity index (χ3n) is 4.09. The zero-order valence-corrected chi connectivity index (χ0v) is 15.3. The molecule has 0 spiro atoms. The summed E-state index contributed by atoms with van der Waals surface area (Å²) in [6.45, 7) is 10.0. The fourth-order valence-electron chi connectivity index (χ4n) is 2.81. The van der Waals surface area contributed by atoms with Gasteiger partial charge in [0.25, 0.3) is 0 Å². The van der Waals surface area contributed by atoms with Crippen LogP contribution in [0.5, 0.6) is 0 Å². The number of amides is 3. The second-order valence-electron chi connectivity index (χ2n) is 7.33. The predicted molar refractivity (Wildman–Crippen MR) is 91.6 cm³/mol. The molecular weight excluding hydrogens is 316 g/mol. The first kappa shape index (κ1) is 19.8. The Bertz CT molecular complexity index is 477. The van der Waals surface area contributed by atoms with Gasteiger partial charge in [-0.15, -0.1) is 0 Å². The molecule has 3 atom stereocenters. The number of nitrogens with one attached hydrogen (secondary N) is 2. The molecule has 23 heavy (non-hydrogen) atoms. The van der Waals surface area contributed by atoms with E-state index < -0.39 is 23.9 Å². The van der Waals surface area contributed by atoms with E-state index in [4.69, 9.17) is 11.5 Å². The minimum atomic E-state index is -1.04. The van der Waals surface area contributed by atoms with Crippen molar-refractivity contribution in [1.82, 2.24) is 10.6 Å². The molecule has 0 saturated carbocycles. The van der Waals surface area contributed by atoms with Crippen molar-refractivity contribution in [2.45, 2.75) is 63.9 Å². The van der Waals surface area contributed by atoms with Gasteiger partial charge in [0.1, 0.15) is 6.04 Å². The molecule has 1 heterocycles. The summed E-state index contributed by atoms with van der Waals surface area (Å²) in [6, 6.07) is -1.79. The maximum Gasteiger partial charge on any atom is 0.242 e. The fraction of sp³-hybridized carbons (Fsp3) is 0.800. The van der Waals surface area contributed by atoms with E-state index in [2.05, 4.69) is 38.3 Å². The molecule has 1 fully saturated rings. The molecule has 1 aliphatic heterocycles. The number of hydrogen-bond donors (Lipinski definition) is 4. The van der Waals surface area contributed by atoms with Crippen LogP contribution in [-0.4, -0.2) is 46.3 Å². The van der Waals surface area contributed by atoms with E-state index in [1.54, 1.807) is 6.92 Å². The third-order valence-corrected chi connectivity index (χ3v) is 5.96. The molecule has 7 nitrogen and oxygen atoms in total. The molecule has 1 rings (SSSR count). The molecule has 0 aromatic rings. The van der Waals surface area contributed by atoms with Crippen LogP contribution in [-0.2, 0) is 14.4 Å². The number of carbonyl (C=O) groups is 3. The summed E-state index contributed by atoms with van der Waals surface area (Å²) in [5.74, 6) is -0.532. The smallest absolute Gasteiger partial charge is 0.242 e. The first-order valence-corrected chi connectivity index (χ1v) is 8.64. The number of thioether (sulfide) groups is 1. The average molecular weight is 344 g/mol. The Morgan fingerprint density at radius 2 is 1.78 bits per heavy atom. The van der Waals surface area contributed by atoms with Crippen LogP contribution in [0.2, 0.25) is 0 Å². The van der Waals surface area contributed by atoms with E-state index in [1.807, 2.05) is 11.8 Å². The van der Waals surface area contributed by atoms with Gasteiger partial charge in [-0.25, -0.2) is 0 Å². The summed E-state index contributed by atoms with van der Waals surface area (Å²) in [6.07, 6.45) is -0.250. The molecule has 132 valence electrons. The maximum atomic E-state index is 12.4. The van der Waals surface area contributed by atoms with Crippen molar-refractivity contribution >= 4 is 29.5 Å². The topological polar surface area (TPSA) is 127 Å². The van der Waals surface area contributed by atoms with Crippen molar-refractivity contribution in [2.24, 2.45) is 16.9 Å². The van der Waals surface area contributed by atoms with Crippen molar-refractivity contribution in [3.05, 3.63) is 0 Å². The van der Waals surface area contributed by atoms with Gasteiger partial charge in [-0.3, -0.25) is 14.4 Å². The summed E-state index contributed by atoms with van der Waals surface area (Å²) in [4.78, 5) is 35.0. The highest BCUT2D eigenvalue weighted by Crippen LogP contribution is 2.47. The van der Waals surface area contributed by atoms with Crippen LogP contribution in [0.3, 0.4) is 0 Å². The summed E-state index contributed by atoms with van der Waals surface area (Å²) in [7, 11) is 0. The highest BCUT2D eigenvalue weighted by atomic mass is 32.2. The van der Waals surface area contributed by atoms with E-state index in [-0.39, 0.29) is 28.5 Å². The summed E-state index contributed by atoms with van der Waals surface area (Å²) in [5.41, 5.74) is 10.5. The number of rotatable bonds is 6. The highest BCUT2D eigenvalue weighted by Gasteiger charge is 2.48. The van der Waals surface area contributed by atoms with Gasteiger partial charge >= 0.3 is 0 Å². The Hall–Kier alpha value is -1.28. The second kappa shape index (κ2) is 7.09. The van der Waals surface area contributed by atoms with E-state index in [9.17, 15) is 14.4 Å². The van der Waals surface area contributed by atoms with E-state index in [0.717, 1.165) is 5.75 Å². The van der Waals surface area contributed by atoms with Crippen molar-refractivity contribution in [3.8, 4) is 0 Å². The van der Waals surface area contributed by atoms with Crippen molar-refractivity contribution in [1.29, 1.82) is 0 Å². The number of nitrogens with two attached hydrogens (primary N) is 2. The lowest BCUT2D eigenvalue weighted by molar-refractivity contribution is -0.131. The van der Waals surface area contributed by atoms with Gasteiger partial charge in [0, 0.05) is 16.5 Å². The highest BCUT2D eigenvalue weighted by molar-refractivity contribution is 8.01. The van der Waals surface area contributed by atoms with E-state index >= 15 is 0 Å². The molecule has 3 amide bonds. The van der Waals surface area contributed by atoms with Crippen molar-refractivity contribution in [2.75, 3.05) is 5.75 Å². The molecule has 0 aromatic carbocycles. The Morgan fingerprint density at radius 3 is 2.22 bits per heavy atom.